The van der Waals surface area contributed by atoms with Crippen LogP contribution in [0.5, 0.6) is 0 Å². The number of aliphatic hydroxyl groups is 2. The number of aliphatic hydroxyl groups excluding tert-OH is 1. The highest BCUT2D eigenvalue weighted by Crippen LogP contribution is 2.23. The molecule has 2 heterocycles. The maximum atomic E-state index is 11.7. The molecule has 1 aromatic heterocycles. The fraction of sp³-hybridized carbons (Fsp3) is 0.643. The van der Waals surface area contributed by atoms with Crippen LogP contribution in [0.1, 0.15) is 12.0 Å². The third-order valence-corrected chi connectivity index (χ3v) is 4.07. The Hall–Kier alpha value is -2.01. The summed E-state index contributed by atoms with van der Waals surface area (Å²) in [4.78, 5) is 40.4. The minimum absolute atomic E-state index is 0.0799. The largest absolute Gasteiger partial charge is 0.389 e. The summed E-state index contributed by atoms with van der Waals surface area (Å²) in [5, 5.41) is 23.2. The van der Waals surface area contributed by atoms with Crippen LogP contribution in [0.2, 0.25) is 0 Å². The normalized spacial score (nSPS) is 24.7. The molecule has 1 fully saturated rings. The van der Waals surface area contributed by atoms with Gasteiger partial charge in [0.2, 0.25) is 5.91 Å². The van der Waals surface area contributed by atoms with Crippen LogP contribution in [-0.2, 0) is 16.1 Å². The maximum Gasteiger partial charge on any atom is 0.325 e. The van der Waals surface area contributed by atoms with Gasteiger partial charge in [-0.25, -0.2) is 4.79 Å². The quantitative estimate of drug-likeness (QED) is 0.373. The molecule has 10 nitrogen and oxygen atoms in total. The summed E-state index contributed by atoms with van der Waals surface area (Å²) in [5.41, 5.74) is -2.14. The molecule has 1 amide bonds. The van der Waals surface area contributed by atoms with E-state index in [2.05, 4.69) is 20.0 Å². The molecular formula is C14H22N4O6. The summed E-state index contributed by atoms with van der Waals surface area (Å²) in [5.74, 6) is -0.375. The molecule has 1 aliphatic rings. The summed E-state index contributed by atoms with van der Waals surface area (Å²) in [6.07, 6.45) is 0.470. The highest BCUT2D eigenvalue weighted by atomic mass is 16.5. The monoisotopic (exact) mass is 342 g/mol. The van der Waals surface area contributed by atoms with Gasteiger partial charge < -0.3 is 25.3 Å². The van der Waals surface area contributed by atoms with Crippen LogP contribution in [0.15, 0.2) is 15.8 Å². The van der Waals surface area contributed by atoms with Crippen molar-refractivity contribution in [3.63, 3.8) is 0 Å². The minimum atomic E-state index is -1.43. The number of hydrogen-bond donors (Lipinski definition) is 5. The number of nitrogens with zero attached hydrogens (tertiary/aromatic N) is 1. The first kappa shape index (κ1) is 18.3. The number of carbonyl (C=O) groups excluding carboxylic acids is 1. The smallest absolute Gasteiger partial charge is 0.325 e. The van der Waals surface area contributed by atoms with Crippen molar-refractivity contribution in [3.05, 3.63) is 32.6 Å². The highest BCUT2D eigenvalue weighted by Gasteiger charge is 2.40. The van der Waals surface area contributed by atoms with E-state index in [4.69, 9.17) is 0 Å². The van der Waals surface area contributed by atoms with Crippen LogP contribution in [0.3, 0.4) is 0 Å². The van der Waals surface area contributed by atoms with Gasteiger partial charge in [0.1, 0.15) is 12.2 Å². The molecule has 2 atom stereocenters. The number of nitrogens with one attached hydrogen (secondary N) is 3. The zero-order chi connectivity index (χ0) is 17.7. The van der Waals surface area contributed by atoms with E-state index in [9.17, 15) is 24.6 Å². The van der Waals surface area contributed by atoms with E-state index in [1.54, 1.807) is 4.90 Å². The topological polar surface area (TPSA) is 148 Å². The molecule has 0 unspecified atom stereocenters. The lowest BCUT2D eigenvalue weighted by Crippen LogP contribution is -2.60. The second-order valence-corrected chi connectivity index (χ2v) is 5.91. The predicted molar refractivity (Wildman–Crippen MR) is 83.4 cm³/mol. The van der Waals surface area contributed by atoms with Crippen molar-refractivity contribution in [2.45, 2.75) is 24.7 Å². The Morgan fingerprint density at radius 3 is 2.92 bits per heavy atom. The van der Waals surface area contributed by atoms with Crippen molar-refractivity contribution >= 4 is 5.91 Å². The van der Waals surface area contributed by atoms with Crippen LogP contribution < -0.4 is 16.6 Å². The number of piperidine rings is 1. The first-order chi connectivity index (χ1) is 11.3. The van der Waals surface area contributed by atoms with Crippen LogP contribution in [0.25, 0.3) is 0 Å². The van der Waals surface area contributed by atoms with Crippen molar-refractivity contribution in [2.24, 2.45) is 0 Å². The van der Waals surface area contributed by atoms with Gasteiger partial charge in [0.05, 0.1) is 6.10 Å². The molecule has 0 radical (unpaired) electrons. The van der Waals surface area contributed by atoms with Crippen molar-refractivity contribution < 1.29 is 19.7 Å². The van der Waals surface area contributed by atoms with E-state index >= 15 is 0 Å². The molecule has 24 heavy (non-hydrogen) atoms. The number of rotatable bonds is 6. The fourth-order valence-corrected chi connectivity index (χ4v) is 2.60. The molecule has 1 saturated heterocycles. The van der Waals surface area contributed by atoms with Crippen molar-refractivity contribution in [2.75, 3.05) is 33.4 Å². The average molecular weight is 342 g/mol. The molecule has 0 aromatic carbocycles. The van der Waals surface area contributed by atoms with Gasteiger partial charge in [-0.3, -0.25) is 19.5 Å². The number of β-amino-alcohol motifs (C(OH)–C–C–N with tert-alkyl or cyclic N) is 1. The molecule has 0 spiro atoms. The zero-order valence-electron chi connectivity index (χ0n) is 13.4. The van der Waals surface area contributed by atoms with Gasteiger partial charge in [-0.2, -0.15) is 0 Å². The fourth-order valence-electron chi connectivity index (χ4n) is 2.60. The summed E-state index contributed by atoms with van der Waals surface area (Å²) in [7, 11) is 1.39. The molecule has 0 saturated carbocycles. The lowest BCUT2D eigenvalue weighted by molar-refractivity contribution is -0.134. The number of hydrogen-bond acceptors (Lipinski definition) is 7. The average Bonchev–Trinajstić information content (AvgIpc) is 2.52. The number of methoxy groups -OCH3 is 1. The molecule has 10 heteroatoms. The van der Waals surface area contributed by atoms with Gasteiger partial charge in [-0.1, -0.05) is 0 Å². The van der Waals surface area contributed by atoms with E-state index in [0.717, 1.165) is 0 Å². The lowest BCUT2D eigenvalue weighted by atomic mass is 9.88. The second-order valence-electron chi connectivity index (χ2n) is 5.91. The Labute approximate surface area is 137 Å². The number of ether oxygens (including phenoxy) is 1. The van der Waals surface area contributed by atoms with Gasteiger partial charge in [0.25, 0.3) is 5.56 Å². The highest BCUT2D eigenvalue weighted by molar-refractivity contribution is 5.77. The zero-order valence-corrected chi connectivity index (χ0v) is 13.4. The Morgan fingerprint density at radius 2 is 2.29 bits per heavy atom. The number of aromatic amines is 2. The van der Waals surface area contributed by atoms with E-state index in [-0.39, 0.29) is 38.6 Å². The predicted octanol–water partition coefficient (Wildman–Crippen LogP) is -2.88. The molecule has 2 rings (SSSR count). The summed E-state index contributed by atoms with van der Waals surface area (Å²) in [6.45, 7) is 0.591. The first-order valence-electron chi connectivity index (χ1n) is 7.53. The van der Waals surface area contributed by atoms with Crippen molar-refractivity contribution in [3.8, 4) is 0 Å². The van der Waals surface area contributed by atoms with E-state index in [1.165, 1.54) is 13.3 Å². The van der Waals surface area contributed by atoms with Gasteiger partial charge in [0, 0.05) is 45.0 Å². The number of aromatic nitrogens is 2. The number of H-pyrrole nitrogens is 2. The molecule has 5 N–H and O–H groups in total. The van der Waals surface area contributed by atoms with Gasteiger partial charge >= 0.3 is 5.69 Å². The van der Waals surface area contributed by atoms with Gasteiger partial charge in [0.15, 0.2) is 0 Å². The maximum absolute atomic E-state index is 11.7. The van der Waals surface area contributed by atoms with Crippen LogP contribution in [-0.4, -0.2) is 76.0 Å². The molecule has 0 bridgehead atoms. The first-order valence-corrected chi connectivity index (χ1v) is 7.53. The van der Waals surface area contributed by atoms with E-state index < -0.39 is 23.0 Å². The Bertz CT molecular complexity index is 686. The second kappa shape index (κ2) is 7.71. The van der Waals surface area contributed by atoms with Gasteiger partial charge in [-0.15, -0.1) is 0 Å². The Balaban J connectivity index is 1.93. The third kappa shape index (κ3) is 4.51. The van der Waals surface area contributed by atoms with Gasteiger partial charge in [-0.05, 0) is 6.42 Å². The van der Waals surface area contributed by atoms with Crippen LogP contribution in [0.4, 0.5) is 0 Å². The summed E-state index contributed by atoms with van der Waals surface area (Å²) < 4.78 is 4.68. The standard InChI is InChI=1S/C14H22N4O6/c1-24-7-11(20)16-8-14(23)2-3-18(6-10(14)19)5-9-4-15-13(22)17-12(9)21/h4,10,19,23H,2-3,5-8H2,1H3,(H,16,20)(H2,15,17,21,22)/t10-,14-/m0/s1. The van der Waals surface area contributed by atoms with E-state index in [1.807, 2.05) is 0 Å². The molecule has 1 aliphatic heterocycles. The summed E-state index contributed by atoms with van der Waals surface area (Å²) in [6, 6.07) is 0. The SMILES string of the molecule is COCC(=O)NC[C@@]1(O)CCN(Cc2c[nH]c(=O)[nH]c2=O)C[C@@H]1O. The van der Waals surface area contributed by atoms with E-state index in [0.29, 0.717) is 12.1 Å². The van der Waals surface area contributed by atoms with Crippen molar-refractivity contribution in [1.82, 2.24) is 20.2 Å². The number of carbonyl (C=O) groups is 1. The molecule has 0 aliphatic carbocycles. The minimum Gasteiger partial charge on any atom is -0.389 e. The number of amides is 1. The number of likely N-dealkylation sites (tertiary alicyclic amines) is 1. The molecule has 1 aromatic rings. The van der Waals surface area contributed by atoms with Crippen LogP contribution >= 0.6 is 0 Å². The lowest BCUT2D eigenvalue weighted by Gasteiger charge is -2.42. The molecule has 134 valence electrons. The third-order valence-electron chi connectivity index (χ3n) is 4.07. The Morgan fingerprint density at radius 1 is 1.54 bits per heavy atom. The Kier molecular flexibility index (Phi) is 5.89. The molecular weight excluding hydrogens is 320 g/mol. The van der Waals surface area contributed by atoms with Crippen LogP contribution in [0, 0.1) is 0 Å². The van der Waals surface area contributed by atoms with Crippen molar-refractivity contribution in [1.29, 1.82) is 0 Å². The summed E-state index contributed by atoms with van der Waals surface area (Å²) >= 11 is 0.